The van der Waals surface area contributed by atoms with Crippen LogP contribution in [0.4, 0.5) is 0 Å². The molecule has 0 saturated heterocycles. The number of carbonyl (C=O) groups excluding carboxylic acids is 1. The average molecular weight is 555 g/mol. The average Bonchev–Trinajstić information content (AvgIpc) is 2.86. The molecule has 1 atom stereocenters. The molecule has 3 rings (SSSR count). The zero-order valence-electron chi connectivity index (χ0n) is 19.6. The highest BCUT2D eigenvalue weighted by Gasteiger charge is 2.19. The maximum Gasteiger partial charge on any atom is 0.344 e. The Bertz CT molecular complexity index is 1220. The van der Waals surface area contributed by atoms with Crippen molar-refractivity contribution in [1.82, 2.24) is 10.3 Å². The van der Waals surface area contributed by atoms with Crippen molar-refractivity contribution in [3.05, 3.63) is 83.0 Å². The lowest BCUT2D eigenvalue weighted by Crippen LogP contribution is -2.23. The van der Waals surface area contributed by atoms with Crippen LogP contribution >= 0.6 is 24.0 Å². The predicted octanol–water partition coefficient (Wildman–Crippen LogP) is 3.80. The lowest BCUT2D eigenvalue weighted by Gasteiger charge is -2.12. The Kier molecular flexibility index (Phi) is 11.6. The van der Waals surface area contributed by atoms with E-state index >= 15 is 0 Å². The fourth-order valence-electron chi connectivity index (χ4n) is 3.20. The van der Waals surface area contributed by atoms with Crippen molar-refractivity contribution in [2.24, 2.45) is 0 Å². The van der Waals surface area contributed by atoms with Gasteiger partial charge in [0, 0.05) is 17.8 Å². The molecule has 0 saturated carbocycles. The van der Waals surface area contributed by atoms with Crippen molar-refractivity contribution in [2.45, 2.75) is 29.4 Å². The van der Waals surface area contributed by atoms with Crippen LogP contribution in [0.1, 0.15) is 24.2 Å². The van der Waals surface area contributed by atoms with Crippen LogP contribution in [0.25, 0.3) is 0 Å². The Balaban J connectivity index is 0.00000456. The summed E-state index contributed by atoms with van der Waals surface area (Å²) >= 11 is 5.95. The molecule has 8 nitrogen and oxygen atoms in total. The topological polar surface area (TPSA) is 115 Å². The van der Waals surface area contributed by atoms with Crippen molar-refractivity contribution in [1.29, 1.82) is 0 Å². The van der Waals surface area contributed by atoms with Gasteiger partial charge in [-0.05, 0) is 73.5 Å². The van der Waals surface area contributed by atoms with E-state index in [-0.39, 0.29) is 35.5 Å². The van der Waals surface area contributed by atoms with Gasteiger partial charge in [-0.2, -0.15) is 0 Å². The van der Waals surface area contributed by atoms with Crippen molar-refractivity contribution >= 4 is 39.8 Å². The first-order valence-corrected chi connectivity index (χ1v) is 12.9. The lowest BCUT2D eigenvalue weighted by atomic mass is 10.1. The number of aromatic nitrogens is 1. The van der Waals surface area contributed by atoms with Gasteiger partial charge in [0.15, 0.2) is 11.6 Å². The molecule has 0 spiro atoms. The van der Waals surface area contributed by atoms with Gasteiger partial charge in [-0.25, -0.2) is 18.2 Å². The zero-order valence-corrected chi connectivity index (χ0v) is 22.0. The third-order valence-corrected chi connectivity index (χ3v) is 6.95. The normalized spacial score (nSPS) is 11.9. The van der Waals surface area contributed by atoms with Crippen molar-refractivity contribution < 1.29 is 27.8 Å². The van der Waals surface area contributed by atoms with E-state index in [1.807, 2.05) is 6.07 Å². The summed E-state index contributed by atoms with van der Waals surface area (Å²) in [6.45, 7) is 2.65. The van der Waals surface area contributed by atoms with Gasteiger partial charge in [0.1, 0.15) is 5.75 Å². The van der Waals surface area contributed by atoms with Gasteiger partial charge in [-0.3, -0.25) is 0 Å². The van der Waals surface area contributed by atoms with Crippen LogP contribution in [0.15, 0.2) is 76.8 Å². The highest BCUT2D eigenvalue weighted by molar-refractivity contribution is 7.91. The molecule has 0 aliphatic heterocycles. The lowest BCUT2D eigenvalue weighted by molar-refractivity contribution is -0.145. The minimum Gasteiger partial charge on any atom is -0.482 e. The van der Waals surface area contributed by atoms with Gasteiger partial charge in [-0.15, -0.1) is 12.4 Å². The molecule has 36 heavy (non-hydrogen) atoms. The molecular weight excluding hydrogens is 527 g/mol. The number of aliphatic hydroxyl groups excluding tert-OH is 1. The van der Waals surface area contributed by atoms with E-state index in [2.05, 4.69) is 10.3 Å². The van der Waals surface area contributed by atoms with E-state index in [1.54, 1.807) is 31.2 Å². The summed E-state index contributed by atoms with van der Waals surface area (Å²) in [5, 5.41) is 13.9. The quantitative estimate of drug-likeness (QED) is 0.256. The molecule has 2 aromatic carbocycles. The summed E-state index contributed by atoms with van der Waals surface area (Å²) in [5.74, 6) is -0.144. The molecule has 0 aliphatic rings. The number of benzene rings is 2. The van der Waals surface area contributed by atoms with Gasteiger partial charge in [0.2, 0.25) is 9.84 Å². The smallest absolute Gasteiger partial charge is 0.344 e. The number of aliphatic hydroxyl groups is 1. The molecule has 3 aromatic rings. The summed E-state index contributed by atoms with van der Waals surface area (Å²) in [6, 6.07) is 16.0. The maximum atomic E-state index is 12.9. The Morgan fingerprint density at radius 2 is 1.89 bits per heavy atom. The number of hydrogen-bond donors (Lipinski definition) is 2. The highest BCUT2D eigenvalue weighted by Crippen LogP contribution is 2.22. The third-order valence-electron chi connectivity index (χ3n) is 5.03. The van der Waals surface area contributed by atoms with E-state index in [0.717, 1.165) is 11.1 Å². The van der Waals surface area contributed by atoms with Gasteiger partial charge < -0.3 is 19.9 Å². The van der Waals surface area contributed by atoms with Crippen LogP contribution in [0.2, 0.25) is 5.02 Å². The monoisotopic (exact) mass is 554 g/mol. The number of nitrogens with zero attached hydrogens (tertiary/aromatic N) is 1. The number of hydrogen-bond acceptors (Lipinski definition) is 8. The number of pyridine rings is 1. The van der Waals surface area contributed by atoms with E-state index < -0.39 is 21.9 Å². The summed E-state index contributed by atoms with van der Waals surface area (Å²) < 4.78 is 35.8. The van der Waals surface area contributed by atoms with Crippen molar-refractivity contribution in [3.63, 3.8) is 0 Å². The second-order valence-electron chi connectivity index (χ2n) is 7.60. The van der Waals surface area contributed by atoms with Crippen LogP contribution in [0.3, 0.4) is 0 Å². The molecule has 194 valence electrons. The van der Waals surface area contributed by atoms with Gasteiger partial charge in [0.05, 0.1) is 17.6 Å². The molecular formula is C25H28Cl2N2O6S. The first-order chi connectivity index (χ1) is 16.8. The summed E-state index contributed by atoms with van der Waals surface area (Å²) in [5.41, 5.74) is 1.59. The van der Waals surface area contributed by atoms with E-state index in [1.165, 1.54) is 36.5 Å². The fraction of sp³-hybridized carbons (Fsp3) is 0.280. The number of ether oxygens (including phenoxy) is 2. The molecule has 0 amide bonds. The first kappa shape index (κ1) is 29.5. The standard InChI is InChI=1S/C25H27ClN2O6S.ClH/c1-2-33-25(30)17-34-21-7-9-22(10-8-21)35(31,32)24-11-6-18(15-28-24)12-13-27-16-23(29)19-4-3-5-20(26)14-19;/h3-11,14-15,23,27,29H,2,12-13,16-17H2,1H3;1H/t23-;/m0./s1. The van der Waals surface area contributed by atoms with Gasteiger partial charge in [-0.1, -0.05) is 29.8 Å². The highest BCUT2D eigenvalue weighted by atomic mass is 35.5. The third kappa shape index (κ3) is 8.46. The van der Waals surface area contributed by atoms with Crippen LogP contribution < -0.4 is 10.1 Å². The maximum absolute atomic E-state index is 12.9. The number of carbonyl (C=O) groups is 1. The number of esters is 1. The Labute approximate surface area is 221 Å². The SMILES string of the molecule is CCOC(=O)COc1ccc(S(=O)(=O)c2ccc(CCNC[C@H](O)c3cccc(Cl)c3)cn2)cc1.Cl. The van der Waals surface area contributed by atoms with Gasteiger partial charge in [0.25, 0.3) is 0 Å². The molecule has 1 heterocycles. The Morgan fingerprint density at radius 1 is 1.14 bits per heavy atom. The van der Waals surface area contributed by atoms with Crippen LogP contribution in [0, 0.1) is 0 Å². The Hall–Kier alpha value is -2.69. The van der Waals surface area contributed by atoms with Gasteiger partial charge >= 0.3 is 5.97 Å². The van der Waals surface area contributed by atoms with E-state index in [0.29, 0.717) is 30.3 Å². The molecule has 0 aliphatic carbocycles. The van der Waals surface area contributed by atoms with Crippen LogP contribution in [0.5, 0.6) is 5.75 Å². The van der Waals surface area contributed by atoms with Crippen LogP contribution in [-0.4, -0.2) is 50.8 Å². The minimum atomic E-state index is -3.80. The summed E-state index contributed by atoms with van der Waals surface area (Å²) in [6.07, 6.45) is 1.46. The molecule has 0 fully saturated rings. The molecule has 2 N–H and O–H groups in total. The summed E-state index contributed by atoms with van der Waals surface area (Å²) in [4.78, 5) is 15.6. The largest absolute Gasteiger partial charge is 0.482 e. The zero-order chi connectivity index (χ0) is 25.3. The molecule has 11 heteroatoms. The second-order valence-corrected chi connectivity index (χ2v) is 9.93. The van der Waals surface area contributed by atoms with Crippen molar-refractivity contribution in [2.75, 3.05) is 26.3 Å². The first-order valence-electron chi connectivity index (χ1n) is 11.0. The fourth-order valence-corrected chi connectivity index (χ4v) is 4.57. The summed E-state index contributed by atoms with van der Waals surface area (Å²) in [7, 11) is -3.80. The molecule has 0 bridgehead atoms. The second kappa shape index (κ2) is 14.2. The number of rotatable bonds is 12. The number of halogens is 2. The number of sulfone groups is 1. The van der Waals surface area contributed by atoms with E-state index in [9.17, 15) is 18.3 Å². The molecule has 1 aromatic heterocycles. The molecule has 0 unspecified atom stereocenters. The van der Waals surface area contributed by atoms with Crippen LogP contribution in [-0.2, 0) is 25.8 Å². The predicted molar refractivity (Wildman–Crippen MR) is 138 cm³/mol. The number of nitrogens with one attached hydrogen (secondary N) is 1. The van der Waals surface area contributed by atoms with Crippen molar-refractivity contribution in [3.8, 4) is 5.75 Å². The van der Waals surface area contributed by atoms with E-state index in [4.69, 9.17) is 21.1 Å². The minimum absolute atomic E-state index is 0. The Morgan fingerprint density at radius 3 is 2.53 bits per heavy atom. The molecule has 0 radical (unpaired) electrons.